The molecule has 1 aliphatic rings. The normalized spacial score (nSPS) is 32.5. The number of rotatable bonds is 4. The van der Waals surface area contributed by atoms with Gasteiger partial charge in [0.15, 0.2) is 0 Å². The molecule has 1 aliphatic heterocycles. The van der Waals surface area contributed by atoms with Crippen LogP contribution in [0, 0.1) is 22.5 Å². The van der Waals surface area contributed by atoms with Crippen molar-refractivity contribution in [3.05, 3.63) is 10.1 Å². The Morgan fingerprint density at radius 1 is 2.00 bits per heavy atom. The number of hydrogen-bond donors (Lipinski definition) is 1. The summed E-state index contributed by atoms with van der Waals surface area (Å²) in [5.41, 5.74) is 2.92. The van der Waals surface area contributed by atoms with E-state index in [0.29, 0.717) is 13.1 Å². The van der Waals surface area contributed by atoms with E-state index in [1.165, 1.54) is 11.9 Å². The van der Waals surface area contributed by atoms with Crippen LogP contribution in [-0.2, 0) is 0 Å². The van der Waals surface area contributed by atoms with Crippen molar-refractivity contribution in [2.24, 2.45) is 0 Å². The summed E-state index contributed by atoms with van der Waals surface area (Å²) in [6.07, 6.45) is 6.33. The van der Waals surface area contributed by atoms with Crippen LogP contribution in [0.25, 0.3) is 0 Å². The molecule has 1 N–H and O–H groups in total. The Bertz CT molecular complexity index is 239. The van der Waals surface area contributed by atoms with Gasteiger partial charge in [-0.2, -0.15) is 0 Å². The summed E-state index contributed by atoms with van der Waals surface area (Å²) in [4.78, 5) is 10.1. The lowest BCUT2D eigenvalue weighted by Crippen LogP contribution is -2.38. The Morgan fingerprint density at radius 2 is 2.67 bits per heavy atom. The molecule has 0 aromatic heterocycles. The lowest BCUT2D eigenvalue weighted by atomic mass is 10.7. The highest BCUT2D eigenvalue weighted by molar-refractivity contribution is 7.93. The maximum absolute atomic E-state index is 10.4. The Hall–Kier alpha value is -0.770. The molecule has 5 nitrogen and oxygen atoms in total. The molecule has 0 radical (unpaired) electrons. The average Bonchev–Trinajstić information content (AvgIpc) is 2.77. The quantitative estimate of drug-likeness (QED) is 0.166. The summed E-state index contributed by atoms with van der Waals surface area (Å²) < 4.78 is 0.247. The molecule has 0 aliphatic carbocycles. The summed E-state index contributed by atoms with van der Waals surface area (Å²) in [5.74, 6) is 2.39. The monoisotopic (exact) mass is 188 g/mol. The van der Waals surface area contributed by atoms with E-state index in [1.54, 1.807) is 0 Å². The molecule has 0 saturated carbocycles. The molecule has 0 aromatic rings. The van der Waals surface area contributed by atoms with Gasteiger partial charge in [-0.15, -0.1) is 15.8 Å². The number of nitrogens with zero attached hydrogens (tertiary/aromatic N) is 2. The second kappa shape index (κ2) is 3.31. The number of hydrogen-bond acceptors (Lipinski definition) is 4. The molecule has 0 amide bonds. The summed E-state index contributed by atoms with van der Waals surface area (Å²) in [6.45, 7) is 0.876. The van der Waals surface area contributed by atoms with Gasteiger partial charge in [0, 0.05) is 6.26 Å². The molecular formula is C6H10N3O2S+. The summed E-state index contributed by atoms with van der Waals surface area (Å²) >= 11 is 1.40. The largest absolute Gasteiger partial charge is 0.415 e. The third-order valence-electron chi connectivity index (χ3n) is 1.80. The molecular weight excluding hydrogens is 178 g/mol. The first kappa shape index (κ1) is 9.32. The fourth-order valence-electron chi connectivity index (χ4n) is 1.02. The fraction of sp³-hybridized carbons (Fsp3) is 0.667. The summed E-state index contributed by atoms with van der Waals surface area (Å²) in [7, 11) is 0. The predicted octanol–water partition coefficient (Wildman–Crippen LogP) is -0.165. The molecule has 2 atom stereocenters. The van der Waals surface area contributed by atoms with E-state index in [1.807, 2.05) is 6.26 Å². The first-order valence-electron chi connectivity index (χ1n) is 3.42. The van der Waals surface area contributed by atoms with Crippen molar-refractivity contribution >= 4 is 11.9 Å². The Kier molecular flexibility index (Phi) is 2.57. The van der Waals surface area contributed by atoms with E-state index in [0.717, 1.165) is 0 Å². The van der Waals surface area contributed by atoms with Crippen molar-refractivity contribution in [2.45, 2.75) is 6.17 Å². The van der Waals surface area contributed by atoms with Crippen LogP contribution in [0.3, 0.4) is 0 Å². The molecule has 66 valence electrons. The molecule has 1 heterocycles. The average molecular weight is 188 g/mol. The summed E-state index contributed by atoms with van der Waals surface area (Å²) in [5, 5.41) is 10.4. The third kappa shape index (κ3) is 1.53. The van der Waals surface area contributed by atoms with E-state index < -0.39 is 6.17 Å². The van der Waals surface area contributed by atoms with Crippen LogP contribution in [0.4, 0.5) is 0 Å². The van der Waals surface area contributed by atoms with Gasteiger partial charge < -0.3 is 0 Å². The van der Waals surface area contributed by atoms with Gasteiger partial charge in [-0.25, -0.2) is 0 Å². The predicted molar refractivity (Wildman–Crippen MR) is 46.3 cm³/mol. The molecule has 12 heavy (non-hydrogen) atoms. The zero-order valence-corrected chi connectivity index (χ0v) is 7.50. The van der Waals surface area contributed by atoms with Crippen molar-refractivity contribution in [1.29, 1.82) is 0 Å². The second-order valence-corrected chi connectivity index (χ2v) is 3.48. The smallest absolute Gasteiger partial charge is 0.259 e. The lowest BCUT2D eigenvalue weighted by Gasteiger charge is -2.09. The lowest BCUT2D eigenvalue weighted by molar-refractivity contribution is -0.800. The maximum atomic E-state index is 10.4. The van der Waals surface area contributed by atoms with Gasteiger partial charge in [-0.3, -0.25) is 10.1 Å². The number of quaternary nitrogens is 1. The van der Waals surface area contributed by atoms with Crippen LogP contribution in [-0.4, -0.2) is 34.4 Å². The minimum absolute atomic E-state index is 0.247. The van der Waals surface area contributed by atoms with Crippen molar-refractivity contribution < 1.29 is 8.92 Å². The van der Waals surface area contributed by atoms with Crippen molar-refractivity contribution in [3.8, 4) is 12.3 Å². The molecule has 1 rings (SSSR count). The Morgan fingerprint density at radius 3 is 3.00 bits per heavy atom. The van der Waals surface area contributed by atoms with Crippen LogP contribution in [0.15, 0.2) is 0 Å². The highest BCUT2D eigenvalue weighted by Gasteiger charge is 2.67. The van der Waals surface area contributed by atoms with E-state index >= 15 is 0 Å². The molecule has 0 spiro atoms. The van der Waals surface area contributed by atoms with Gasteiger partial charge in [0.05, 0.1) is 16.9 Å². The minimum Gasteiger partial charge on any atom is -0.259 e. The number of terminal acetylenes is 1. The van der Waals surface area contributed by atoms with E-state index in [-0.39, 0.29) is 8.92 Å². The molecule has 0 aromatic carbocycles. The zero-order valence-electron chi connectivity index (χ0n) is 6.69. The second-order valence-electron chi connectivity index (χ2n) is 2.47. The maximum Gasteiger partial charge on any atom is 0.415 e. The highest BCUT2D eigenvalue weighted by atomic mass is 32.2. The van der Waals surface area contributed by atoms with Crippen LogP contribution in [0.5, 0.6) is 0 Å². The molecule has 1 fully saturated rings. The molecule has 6 heteroatoms. The zero-order chi connectivity index (χ0) is 9.19. The highest BCUT2D eigenvalue weighted by Crippen LogP contribution is 2.36. The molecule has 1 saturated heterocycles. The van der Waals surface area contributed by atoms with Crippen molar-refractivity contribution in [1.82, 2.24) is 5.43 Å². The van der Waals surface area contributed by atoms with Crippen LogP contribution in [0.2, 0.25) is 0 Å². The Labute approximate surface area is 75.0 Å². The molecule has 2 unspecified atom stereocenters. The van der Waals surface area contributed by atoms with E-state index in [4.69, 9.17) is 6.42 Å². The fourth-order valence-corrected chi connectivity index (χ4v) is 1.82. The van der Waals surface area contributed by atoms with Gasteiger partial charge in [-0.05, 0) is 0 Å². The topological polar surface area (TPSA) is 55.2 Å². The van der Waals surface area contributed by atoms with E-state index in [2.05, 4.69) is 11.3 Å². The summed E-state index contributed by atoms with van der Waals surface area (Å²) in [6, 6.07) is 0. The first-order chi connectivity index (χ1) is 5.66. The van der Waals surface area contributed by atoms with Crippen LogP contribution in [0.1, 0.15) is 0 Å². The van der Waals surface area contributed by atoms with Gasteiger partial charge >= 0.3 is 6.17 Å². The number of nitro groups is 1. The SMILES string of the molecule is C#CCN[N+]1(SC)CC1[N+](=O)[O-]. The van der Waals surface area contributed by atoms with Crippen LogP contribution < -0.4 is 5.43 Å². The minimum atomic E-state index is -0.534. The third-order valence-corrected chi connectivity index (χ3v) is 2.97. The number of nitrogens with one attached hydrogen (secondary N) is 1. The van der Waals surface area contributed by atoms with Gasteiger partial charge in [-0.1, -0.05) is 5.92 Å². The van der Waals surface area contributed by atoms with Gasteiger partial charge in [0.2, 0.25) is 6.54 Å². The Balaban J connectivity index is 2.48. The first-order valence-corrected chi connectivity index (χ1v) is 4.60. The van der Waals surface area contributed by atoms with E-state index in [9.17, 15) is 10.1 Å². The van der Waals surface area contributed by atoms with Crippen LogP contribution >= 0.6 is 11.9 Å². The standard InChI is InChI=1S/C6H10N3O2S/c1-3-4-7-9(12-2)5-6(9)8(10)11/h1,6-7H,4-5H2,2H3/q+1. The molecule has 0 bridgehead atoms. The van der Waals surface area contributed by atoms with Crippen molar-refractivity contribution in [2.75, 3.05) is 19.3 Å². The van der Waals surface area contributed by atoms with Crippen molar-refractivity contribution in [3.63, 3.8) is 0 Å². The van der Waals surface area contributed by atoms with Gasteiger partial charge in [0.1, 0.15) is 6.54 Å². The van der Waals surface area contributed by atoms with Gasteiger partial charge in [0.25, 0.3) is 0 Å².